The predicted molar refractivity (Wildman–Crippen MR) is 174 cm³/mol. The second kappa shape index (κ2) is 15.2. The summed E-state index contributed by atoms with van der Waals surface area (Å²) in [5.41, 5.74) is 2.12. The number of hydrogen-bond acceptors (Lipinski definition) is 6. The first-order valence-corrected chi connectivity index (χ1v) is 16.8. The Kier molecular flexibility index (Phi) is 11.1. The molecule has 3 fully saturated rings. The number of amides is 2. The van der Waals surface area contributed by atoms with Crippen LogP contribution in [0.2, 0.25) is 0 Å². The molecular formula is C35H49N5O5. The highest BCUT2D eigenvalue weighted by atomic mass is 16.6. The van der Waals surface area contributed by atoms with E-state index >= 15 is 0 Å². The second-order valence-corrected chi connectivity index (χ2v) is 13.2. The number of benzene rings is 2. The molecule has 2 amide bonds. The smallest absolute Gasteiger partial charge is 0.321 e. The van der Waals surface area contributed by atoms with Crippen LogP contribution < -0.4 is 5.32 Å². The molecular weight excluding hydrogens is 570 g/mol. The van der Waals surface area contributed by atoms with Crippen molar-refractivity contribution in [3.8, 4) is 0 Å². The fourth-order valence-electron chi connectivity index (χ4n) is 8.23. The van der Waals surface area contributed by atoms with E-state index in [1.54, 1.807) is 12.1 Å². The van der Waals surface area contributed by atoms with E-state index in [1.165, 1.54) is 24.1 Å². The lowest BCUT2D eigenvalue weighted by Crippen LogP contribution is -2.56. The summed E-state index contributed by atoms with van der Waals surface area (Å²) in [7, 11) is 0. The first-order chi connectivity index (χ1) is 21.8. The number of carboxylic acids is 1. The first kappa shape index (κ1) is 32.9. The number of nitrogens with one attached hydrogen (secondary N) is 1. The van der Waals surface area contributed by atoms with Gasteiger partial charge in [-0.05, 0) is 56.1 Å². The molecule has 244 valence electrons. The van der Waals surface area contributed by atoms with Gasteiger partial charge in [-0.3, -0.25) is 24.7 Å². The van der Waals surface area contributed by atoms with Gasteiger partial charge in [0, 0.05) is 68.9 Å². The fraction of sp³-hybridized carbons (Fsp3) is 0.600. The predicted octanol–water partition coefficient (Wildman–Crippen LogP) is 5.87. The standard InChI is InChI=1S/C35H49N5O5/c1-3-20-38(35(43)36-23-26-14-16-30(17-15-26)40(44)45)29-18-21-37(22-19-29)32-25(2)39(24-31(32)27-10-6-4-7-11-27)33(34(41)42)28-12-8-5-9-13-28/h4,6-7,10-11,14-17,25,28-29,31-33H,3,5,8-9,12-13,18-24H2,1-2H3,(H,36,43)(H,41,42)/t25?,31-,32-,33-/m1/s1. The third kappa shape index (κ3) is 7.66. The lowest BCUT2D eigenvalue weighted by atomic mass is 9.83. The van der Waals surface area contributed by atoms with Gasteiger partial charge in [0.1, 0.15) is 6.04 Å². The van der Waals surface area contributed by atoms with Gasteiger partial charge < -0.3 is 15.3 Å². The van der Waals surface area contributed by atoms with Crippen molar-refractivity contribution in [2.24, 2.45) is 5.92 Å². The van der Waals surface area contributed by atoms with Crippen LogP contribution in [-0.4, -0.2) is 87.1 Å². The number of rotatable bonds is 11. The summed E-state index contributed by atoms with van der Waals surface area (Å²) >= 11 is 0. The van der Waals surface area contributed by atoms with Crippen LogP contribution in [0.25, 0.3) is 0 Å². The van der Waals surface area contributed by atoms with Gasteiger partial charge in [0.05, 0.1) is 4.92 Å². The maximum Gasteiger partial charge on any atom is 0.321 e. The molecule has 0 radical (unpaired) electrons. The van der Waals surface area contributed by atoms with E-state index in [2.05, 4.69) is 53.2 Å². The third-order valence-corrected chi connectivity index (χ3v) is 10.4. The summed E-state index contributed by atoms with van der Waals surface area (Å²) in [6.45, 7) is 7.75. The number of nitrogens with zero attached hydrogens (tertiary/aromatic N) is 4. The molecule has 2 heterocycles. The molecule has 2 aliphatic heterocycles. The molecule has 10 heteroatoms. The molecule has 3 aliphatic rings. The van der Waals surface area contributed by atoms with Gasteiger partial charge in [-0.15, -0.1) is 0 Å². The number of urea groups is 1. The number of hydrogen-bond donors (Lipinski definition) is 2. The first-order valence-electron chi connectivity index (χ1n) is 16.8. The topological polar surface area (TPSA) is 119 Å². The molecule has 1 aliphatic carbocycles. The molecule has 5 rings (SSSR count). The van der Waals surface area contributed by atoms with Crippen LogP contribution in [0, 0.1) is 16.0 Å². The van der Waals surface area contributed by atoms with Gasteiger partial charge in [-0.2, -0.15) is 0 Å². The number of carboxylic acid groups (broad SMARTS) is 1. The minimum Gasteiger partial charge on any atom is -0.480 e. The van der Waals surface area contributed by atoms with E-state index in [0.29, 0.717) is 13.1 Å². The van der Waals surface area contributed by atoms with E-state index < -0.39 is 16.9 Å². The molecule has 0 bridgehead atoms. The largest absolute Gasteiger partial charge is 0.480 e. The fourth-order valence-corrected chi connectivity index (χ4v) is 8.23. The van der Waals surface area contributed by atoms with Gasteiger partial charge >= 0.3 is 12.0 Å². The number of piperidine rings is 1. The van der Waals surface area contributed by atoms with Gasteiger partial charge in [0.25, 0.3) is 5.69 Å². The van der Waals surface area contributed by atoms with Crippen molar-refractivity contribution in [2.45, 2.75) is 102 Å². The normalized spacial score (nSPS) is 24.3. The van der Waals surface area contributed by atoms with Crippen molar-refractivity contribution in [2.75, 3.05) is 26.2 Å². The van der Waals surface area contributed by atoms with Crippen molar-refractivity contribution in [3.63, 3.8) is 0 Å². The highest BCUT2D eigenvalue weighted by Gasteiger charge is 2.49. The molecule has 0 spiro atoms. The molecule has 2 saturated heterocycles. The Bertz CT molecular complexity index is 1280. The Morgan fingerprint density at radius 1 is 1.02 bits per heavy atom. The lowest BCUT2D eigenvalue weighted by Gasteiger charge is -2.44. The number of aliphatic carboxylic acids is 1. The van der Waals surface area contributed by atoms with Gasteiger partial charge in [-0.25, -0.2) is 4.79 Å². The third-order valence-electron chi connectivity index (χ3n) is 10.4. The van der Waals surface area contributed by atoms with Crippen molar-refractivity contribution in [1.29, 1.82) is 0 Å². The average Bonchev–Trinajstić information content (AvgIpc) is 3.39. The van der Waals surface area contributed by atoms with Gasteiger partial charge in [0.15, 0.2) is 0 Å². The maximum absolute atomic E-state index is 13.4. The van der Waals surface area contributed by atoms with Crippen LogP contribution in [0.1, 0.15) is 82.3 Å². The minimum absolute atomic E-state index is 0.0334. The van der Waals surface area contributed by atoms with Crippen LogP contribution >= 0.6 is 0 Å². The van der Waals surface area contributed by atoms with Crippen LogP contribution in [0.15, 0.2) is 54.6 Å². The van der Waals surface area contributed by atoms with Crippen molar-refractivity contribution in [1.82, 2.24) is 20.0 Å². The van der Waals surface area contributed by atoms with Crippen LogP contribution in [-0.2, 0) is 11.3 Å². The van der Waals surface area contributed by atoms with Crippen LogP contribution in [0.3, 0.4) is 0 Å². The van der Waals surface area contributed by atoms with Crippen molar-refractivity contribution >= 4 is 17.7 Å². The number of carbonyl (C=O) groups is 2. The lowest BCUT2D eigenvalue weighted by molar-refractivity contribution is -0.384. The zero-order valence-corrected chi connectivity index (χ0v) is 26.7. The monoisotopic (exact) mass is 619 g/mol. The van der Waals surface area contributed by atoms with Crippen LogP contribution in [0.5, 0.6) is 0 Å². The molecule has 4 atom stereocenters. The SMILES string of the molecule is CCCN(C(=O)NCc1ccc([N+](=O)[O-])cc1)C1CCN([C@@H]2C(C)N([C@@H](C(=O)O)C3CCCCC3)C[C@@H]2c2ccccc2)CC1. The maximum atomic E-state index is 13.4. The van der Waals surface area contributed by atoms with Gasteiger partial charge in [0.2, 0.25) is 0 Å². The Hall–Kier alpha value is -3.50. The Balaban J connectivity index is 1.27. The Morgan fingerprint density at radius 2 is 1.69 bits per heavy atom. The molecule has 2 N–H and O–H groups in total. The zero-order chi connectivity index (χ0) is 31.9. The van der Waals surface area contributed by atoms with E-state index in [1.807, 2.05) is 11.0 Å². The van der Waals surface area contributed by atoms with E-state index in [-0.39, 0.29) is 41.7 Å². The Morgan fingerprint density at radius 3 is 2.29 bits per heavy atom. The molecule has 1 unspecified atom stereocenters. The zero-order valence-electron chi connectivity index (χ0n) is 26.7. The molecule has 10 nitrogen and oxygen atoms in total. The van der Waals surface area contributed by atoms with Crippen molar-refractivity contribution in [3.05, 3.63) is 75.8 Å². The summed E-state index contributed by atoms with van der Waals surface area (Å²) in [5.74, 6) is -0.262. The number of non-ortho nitro benzene ring substituents is 1. The molecule has 0 aromatic heterocycles. The number of likely N-dealkylation sites (tertiary alicyclic amines) is 2. The summed E-state index contributed by atoms with van der Waals surface area (Å²) in [5, 5.41) is 24.5. The number of nitro benzene ring substituents is 1. The molecule has 2 aromatic rings. The van der Waals surface area contributed by atoms with Crippen molar-refractivity contribution < 1.29 is 19.6 Å². The summed E-state index contributed by atoms with van der Waals surface area (Å²) in [6, 6.07) is 16.7. The summed E-state index contributed by atoms with van der Waals surface area (Å²) < 4.78 is 0. The average molecular weight is 620 g/mol. The summed E-state index contributed by atoms with van der Waals surface area (Å²) in [6.07, 6.45) is 8.00. The van der Waals surface area contributed by atoms with Gasteiger partial charge in [-0.1, -0.05) is 68.7 Å². The van der Waals surface area contributed by atoms with E-state index in [4.69, 9.17) is 0 Å². The second-order valence-electron chi connectivity index (χ2n) is 13.2. The highest BCUT2D eigenvalue weighted by Crippen LogP contribution is 2.41. The highest BCUT2D eigenvalue weighted by molar-refractivity contribution is 5.75. The van der Waals surface area contributed by atoms with E-state index in [0.717, 1.165) is 70.1 Å². The molecule has 45 heavy (non-hydrogen) atoms. The number of nitro groups is 1. The molecule has 2 aromatic carbocycles. The van der Waals surface area contributed by atoms with Crippen LogP contribution in [0.4, 0.5) is 10.5 Å². The van der Waals surface area contributed by atoms with E-state index in [9.17, 15) is 24.8 Å². The quantitative estimate of drug-likeness (QED) is 0.239. The minimum atomic E-state index is -0.685. The summed E-state index contributed by atoms with van der Waals surface area (Å²) in [4.78, 5) is 43.5. The Labute approximate surface area is 266 Å². The number of carbonyl (C=O) groups excluding carboxylic acids is 1. The molecule has 1 saturated carbocycles.